The highest BCUT2D eigenvalue weighted by Gasteiger charge is 2.45. The third kappa shape index (κ3) is 31.8. The number of amides is 10. The SMILES string of the molecule is CC[C@H](C)[C@@H]([C@@H](CC(=O)N1CCC[C@H]1[C@H](OC)[C@@H](C)C(=O)N[C@H](C)[C@@H](O)c1ccccc1)OC)N(C)C(=O)[C@@H](NC(=O)[C@H](C(C)C)N(C)C(=O)OCc1ccc(NC(=O)[C@H](CCCNC(N)=O)NC(=O)[C@@H](NCCOCCOCCOCCOCCC(=O)NCCNc2ncc(-c3cc(C)cc(F)c3)c(N3CCC(N)CC3)c2-c2nc3ccc(Cl)cc3[nH]2)C(C)C)cc1)C(C)C. The third-order valence-corrected chi connectivity index (χ3v) is 24.3. The quantitative estimate of drug-likeness (QED) is 0.0158. The maximum absolute atomic E-state index is 15.0. The number of pyridine rings is 1. The zero-order chi connectivity index (χ0) is 95.5. The second kappa shape index (κ2) is 53.5. The Morgan fingerprint density at radius 3 is 1.99 bits per heavy atom. The van der Waals surface area contributed by atoms with E-state index < -0.39 is 114 Å². The van der Waals surface area contributed by atoms with Gasteiger partial charge in [0.05, 0.1) is 130 Å². The molecule has 6 aromatic rings. The number of nitrogens with zero attached hydrogens (tertiary/aromatic N) is 6. The summed E-state index contributed by atoms with van der Waals surface area (Å²) in [6.07, 6.45) is 2.43. The van der Waals surface area contributed by atoms with Crippen LogP contribution in [-0.2, 0) is 73.3 Å². The summed E-state index contributed by atoms with van der Waals surface area (Å²) in [5.74, 6) is -3.95. The Kier molecular flexibility index (Phi) is 43.3. The van der Waals surface area contributed by atoms with E-state index in [4.69, 9.17) is 66.2 Å². The van der Waals surface area contributed by atoms with Gasteiger partial charge in [-0.25, -0.2) is 23.9 Å². The van der Waals surface area contributed by atoms with Crippen molar-refractivity contribution >= 4 is 93.3 Å². The van der Waals surface area contributed by atoms with E-state index >= 15 is 0 Å². The molecule has 0 aliphatic carbocycles. The molecule has 36 heteroatoms. The number of piperidine rings is 1. The second-order valence-corrected chi connectivity index (χ2v) is 35.4. The number of carbonyl (C=O) groups is 9. The number of fused-ring (bicyclic) bond motifs is 1. The molecule has 0 bridgehead atoms. The smallest absolute Gasteiger partial charge is 0.410 e. The molecule has 131 heavy (non-hydrogen) atoms. The van der Waals surface area contributed by atoms with Crippen LogP contribution in [0.5, 0.6) is 0 Å². The van der Waals surface area contributed by atoms with Crippen molar-refractivity contribution in [3.05, 3.63) is 125 Å². The topological polar surface area (TPSA) is 441 Å². The molecule has 4 heterocycles. The summed E-state index contributed by atoms with van der Waals surface area (Å²) in [6.45, 7) is 25.0. The summed E-state index contributed by atoms with van der Waals surface area (Å²) in [5.41, 5.74) is 18.5. The van der Waals surface area contributed by atoms with E-state index in [0.717, 1.165) is 35.2 Å². The van der Waals surface area contributed by atoms with Gasteiger partial charge in [0.1, 0.15) is 42.2 Å². The number of H-pyrrole nitrogens is 1. The van der Waals surface area contributed by atoms with Crippen LogP contribution in [0, 0.1) is 42.3 Å². The molecule has 0 saturated carbocycles. The Bertz CT molecular complexity index is 4620. The molecule has 12 atom stereocenters. The fraction of sp³-hybridized carbons (Fsp3) is 0.589. The lowest BCUT2D eigenvalue weighted by Gasteiger charge is -2.41. The number of imidazole rings is 1. The van der Waals surface area contributed by atoms with Gasteiger partial charge in [0.25, 0.3) is 0 Å². The third-order valence-electron chi connectivity index (χ3n) is 24.1. The number of benzene rings is 4. The van der Waals surface area contributed by atoms with Gasteiger partial charge in [-0.2, -0.15) is 0 Å². The average Bonchev–Trinajstić information content (AvgIpc) is 1.72. The molecule has 10 amide bonds. The minimum atomic E-state index is -1.09. The molecule has 2 aliphatic rings. The highest BCUT2D eigenvalue weighted by Crippen LogP contribution is 2.44. The van der Waals surface area contributed by atoms with Gasteiger partial charge in [0, 0.05) is 109 Å². The molecule has 2 fully saturated rings. The molecule has 2 aromatic heterocycles. The van der Waals surface area contributed by atoms with Crippen LogP contribution in [-0.4, -0.2) is 276 Å². The number of aromatic amines is 1. The number of carbonyl (C=O) groups excluding carboxylic acids is 9. The first-order valence-electron chi connectivity index (χ1n) is 45.7. The molecule has 0 spiro atoms. The Morgan fingerprint density at radius 2 is 1.37 bits per heavy atom. The molecule has 4 aromatic carbocycles. The average molecular weight is 1850 g/mol. The number of halogens is 2. The zero-order valence-corrected chi connectivity index (χ0v) is 79.5. The lowest BCUT2D eigenvalue weighted by Crippen LogP contribution is -2.60. The van der Waals surface area contributed by atoms with Crippen LogP contribution < -0.4 is 58.9 Å². The number of primary amides is 1. The summed E-state index contributed by atoms with van der Waals surface area (Å²) in [5, 5.41) is 35.3. The maximum Gasteiger partial charge on any atom is 0.410 e. The van der Waals surface area contributed by atoms with E-state index in [0.29, 0.717) is 128 Å². The number of likely N-dealkylation sites (N-methyl/N-ethyl adjacent to an activating group) is 2. The first-order chi connectivity index (χ1) is 62.6. The fourth-order valence-corrected chi connectivity index (χ4v) is 16.9. The summed E-state index contributed by atoms with van der Waals surface area (Å²) in [7, 11) is 6.11. The van der Waals surface area contributed by atoms with Gasteiger partial charge < -0.3 is 112 Å². The van der Waals surface area contributed by atoms with Gasteiger partial charge >= 0.3 is 12.1 Å². The van der Waals surface area contributed by atoms with E-state index in [9.17, 15) is 52.6 Å². The number of aliphatic hydroxyl groups is 1. The normalized spacial score (nSPS) is 16.2. The van der Waals surface area contributed by atoms with E-state index in [-0.39, 0.29) is 113 Å². The Morgan fingerprint density at radius 1 is 0.702 bits per heavy atom. The number of likely N-dealkylation sites (tertiary alicyclic amines) is 1. The predicted octanol–water partition coefficient (Wildman–Crippen LogP) is 9.38. The molecular weight excluding hydrogens is 1710 g/mol. The molecule has 34 nitrogen and oxygen atoms in total. The number of methoxy groups -OCH3 is 2. The van der Waals surface area contributed by atoms with Gasteiger partial charge in [-0.15, -0.1) is 0 Å². The number of urea groups is 1. The molecule has 2 saturated heterocycles. The van der Waals surface area contributed by atoms with Crippen molar-refractivity contribution in [3.63, 3.8) is 0 Å². The summed E-state index contributed by atoms with van der Waals surface area (Å²) < 4.78 is 55.7. The van der Waals surface area contributed by atoms with Crippen LogP contribution in [0.4, 0.5) is 31.2 Å². The largest absolute Gasteiger partial charge is 0.445 e. The number of nitrogens with two attached hydrogens (primary N) is 2. The summed E-state index contributed by atoms with van der Waals surface area (Å²) >= 11 is 6.39. The van der Waals surface area contributed by atoms with E-state index in [1.807, 2.05) is 71.0 Å². The first-order valence-corrected chi connectivity index (χ1v) is 46.1. The van der Waals surface area contributed by atoms with Crippen molar-refractivity contribution in [3.8, 4) is 22.5 Å². The van der Waals surface area contributed by atoms with Gasteiger partial charge in [-0.05, 0) is 141 Å². The standard InChI is InChI=1S/C95H141ClFN17O17/c1-16-61(9)83(76(125-14)54-78(116)114-39-21-25-75(114)86(126-15)62(10)89(118)105-63(11)85(117)65-22-18-17-19-23-65)111(12)93(122)81(58(4)5)110-92(121)82(59(6)7)112(13)95(124)131-56-64-26-29-70(30-27-64)106-90(119)73(24-20-35-103-94(99)123)109-91(120)80(57(2)3)101-38-43-128-45-47-130-49-48-129-46-44-127-42-34-77(115)100-36-37-102-87-79(88-107-72-31-28-67(96)53-74(72)108-88)84(113-40-32-69(98)33-41-113)71(55-104-87)66-50-60(8)51-68(97)52-66/h17-19,22-23,26-31,50-53,55,57-59,61-63,69,73,75-76,80-83,85-86,101,117H,16,20-21,24-25,32-49,54,56,98H2,1-15H3,(H,100,115)(H,102,104)(H,105,118)(H,106,119)(H,107,108)(H,109,120)(H,110,121)(H3,99,103,123)/t61-,62+,63+,73-,75-,76+,80-,81-,82-,83-,85+,86+/m0/s1. The lowest BCUT2D eigenvalue weighted by atomic mass is 9.89. The predicted molar refractivity (Wildman–Crippen MR) is 502 cm³/mol. The van der Waals surface area contributed by atoms with Crippen molar-refractivity contribution in [2.45, 2.75) is 207 Å². The number of rotatable bonds is 54. The van der Waals surface area contributed by atoms with Crippen LogP contribution >= 0.6 is 11.6 Å². The van der Waals surface area contributed by atoms with Gasteiger partial charge in [-0.3, -0.25) is 38.5 Å². The highest BCUT2D eigenvalue weighted by molar-refractivity contribution is 6.31. The number of aryl methyl sites for hydroxylation is 1. The van der Waals surface area contributed by atoms with E-state index in [2.05, 4.69) is 52.4 Å². The van der Waals surface area contributed by atoms with E-state index in [1.54, 1.807) is 107 Å². The zero-order valence-electron chi connectivity index (χ0n) is 78.7. The van der Waals surface area contributed by atoms with Gasteiger partial charge in [0.15, 0.2) is 0 Å². The molecule has 8 rings (SSSR count). The fourth-order valence-electron chi connectivity index (χ4n) is 16.7. The molecule has 722 valence electrons. The molecule has 2 aliphatic heterocycles. The Labute approximate surface area is 774 Å². The number of hydrogen-bond donors (Lipinski definition) is 12. The number of ether oxygens (including phenoxy) is 7. The lowest BCUT2D eigenvalue weighted by molar-refractivity contribution is -0.148. The van der Waals surface area contributed by atoms with Gasteiger partial charge in [0.2, 0.25) is 41.4 Å². The molecular formula is C95H141ClFN17O17. The van der Waals surface area contributed by atoms with Crippen LogP contribution in [0.2, 0.25) is 5.02 Å². The van der Waals surface area contributed by atoms with Crippen LogP contribution in [0.1, 0.15) is 150 Å². The van der Waals surface area contributed by atoms with Crippen molar-refractivity contribution in [2.24, 2.45) is 41.1 Å². The second-order valence-electron chi connectivity index (χ2n) is 35.0. The minimum absolute atomic E-state index is 0.0602. The Hall–Kier alpha value is -10.2. The first kappa shape index (κ1) is 106. The molecule has 14 N–H and O–H groups in total. The number of nitrogens with one attached hydrogen (secondary N) is 9. The Balaban J connectivity index is 0.725. The van der Waals surface area contributed by atoms with Crippen LogP contribution in [0.3, 0.4) is 0 Å². The van der Waals surface area contributed by atoms with Crippen molar-refractivity contribution in [1.82, 2.24) is 61.6 Å². The number of aliphatic hydroxyl groups excluding tert-OH is 1. The van der Waals surface area contributed by atoms with Crippen molar-refractivity contribution in [2.75, 3.05) is 143 Å². The molecule has 0 radical (unpaired) electrons. The maximum atomic E-state index is 15.0. The number of anilines is 3. The minimum Gasteiger partial charge on any atom is -0.445 e. The van der Waals surface area contributed by atoms with Crippen molar-refractivity contribution < 1.29 is 85.8 Å². The van der Waals surface area contributed by atoms with Gasteiger partial charge in [-0.1, -0.05) is 129 Å². The summed E-state index contributed by atoms with van der Waals surface area (Å²) in [6, 6.07) is 19.7. The van der Waals surface area contributed by atoms with Crippen LogP contribution in [0.15, 0.2) is 97.2 Å². The van der Waals surface area contributed by atoms with E-state index in [1.165, 1.54) is 38.3 Å². The number of aromatic nitrogens is 3. The van der Waals surface area contributed by atoms with Crippen LogP contribution in [0.25, 0.3) is 33.5 Å². The highest BCUT2D eigenvalue weighted by atomic mass is 35.5. The number of hydrogen-bond acceptors (Lipinski definition) is 23. The van der Waals surface area contributed by atoms with Crippen molar-refractivity contribution in [1.29, 1.82) is 0 Å². The monoisotopic (exact) mass is 1850 g/mol. The summed E-state index contributed by atoms with van der Waals surface area (Å²) in [4.78, 5) is 144. The molecule has 0 unspecified atom stereocenters.